The van der Waals surface area contributed by atoms with E-state index in [1.54, 1.807) is 5.57 Å². The minimum Gasteiger partial charge on any atom is -0.363 e. The third-order valence-corrected chi connectivity index (χ3v) is 3.63. The van der Waals surface area contributed by atoms with Crippen LogP contribution in [0.25, 0.3) is 0 Å². The van der Waals surface area contributed by atoms with E-state index in [0.717, 1.165) is 25.0 Å². The van der Waals surface area contributed by atoms with Crippen LogP contribution in [0.3, 0.4) is 0 Å². The molecule has 0 saturated carbocycles. The fourth-order valence-corrected chi connectivity index (χ4v) is 2.18. The molecule has 1 nitrogen and oxygen atoms in total. The number of hydrogen-bond donors (Lipinski definition) is 1. The van der Waals surface area contributed by atoms with Crippen LogP contribution in [-0.2, 0) is 0 Å². The van der Waals surface area contributed by atoms with E-state index < -0.39 is 0 Å². The molecule has 0 aliphatic heterocycles. The first-order valence-corrected chi connectivity index (χ1v) is 7.43. The number of nitrogens with one attached hydrogen (secondary N) is 1. The average molecular weight is 261 g/mol. The molecule has 0 bridgehead atoms. The lowest BCUT2D eigenvalue weighted by molar-refractivity contribution is 0.375. The maximum Gasteiger partial charge on any atom is 0.0151 e. The molecule has 0 spiro atoms. The highest BCUT2D eigenvalue weighted by molar-refractivity contribution is 5.27. The summed E-state index contributed by atoms with van der Waals surface area (Å²) in [5.74, 6) is 0. The van der Waals surface area contributed by atoms with E-state index >= 15 is 0 Å². The Morgan fingerprint density at radius 3 is 2.16 bits per heavy atom. The molecule has 0 amide bonds. The molecule has 1 rings (SSSR count). The largest absolute Gasteiger partial charge is 0.363 e. The Hall–Kier alpha value is -0.980. The Balaban J connectivity index is 2.49. The first kappa shape index (κ1) is 16.1. The summed E-state index contributed by atoms with van der Waals surface area (Å²) in [5, 5.41) is 3.49. The third-order valence-electron chi connectivity index (χ3n) is 3.63. The Bertz CT molecular complexity index is 383. The Kier molecular flexibility index (Phi) is 5.06. The SMILES string of the molecule is C=C(CCC(C)(C)C)NC1=CC=C(C(C)(C)C)CC1. The molecule has 0 atom stereocenters. The van der Waals surface area contributed by atoms with E-state index in [9.17, 15) is 0 Å². The maximum absolute atomic E-state index is 4.15. The van der Waals surface area contributed by atoms with Crippen LogP contribution in [0.4, 0.5) is 0 Å². The molecule has 0 aromatic carbocycles. The predicted molar refractivity (Wildman–Crippen MR) is 85.8 cm³/mol. The minimum absolute atomic E-state index is 0.297. The molecule has 1 heteroatoms. The summed E-state index contributed by atoms with van der Waals surface area (Å²) in [6.07, 6.45) is 9.01. The van der Waals surface area contributed by atoms with Gasteiger partial charge in [0.1, 0.15) is 0 Å². The lowest BCUT2D eigenvalue weighted by atomic mass is 9.81. The van der Waals surface area contributed by atoms with Crippen LogP contribution in [0.1, 0.15) is 67.2 Å². The fourth-order valence-electron chi connectivity index (χ4n) is 2.18. The van der Waals surface area contributed by atoms with Gasteiger partial charge >= 0.3 is 0 Å². The molecule has 0 aromatic heterocycles. The number of allylic oxidation sites excluding steroid dienone is 5. The first-order valence-electron chi connectivity index (χ1n) is 7.43. The molecule has 0 heterocycles. The summed E-state index contributed by atoms with van der Waals surface area (Å²) in [4.78, 5) is 0. The quantitative estimate of drug-likeness (QED) is 0.698. The standard InChI is InChI=1S/C18H31N/c1-14(12-13-17(2,3)4)19-16-10-8-15(9-11-16)18(5,6)7/h8,10,19H,1,9,11-13H2,2-7H3. The second-order valence-corrected chi connectivity index (χ2v) is 7.92. The molecule has 19 heavy (non-hydrogen) atoms. The van der Waals surface area contributed by atoms with Gasteiger partial charge in [0.05, 0.1) is 0 Å². The Morgan fingerprint density at radius 1 is 1.11 bits per heavy atom. The van der Waals surface area contributed by atoms with Crippen LogP contribution in [0.2, 0.25) is 0 Å². The van der Waals surface area contributed by atoms with Crippen LogP contribution in [0.5, 0.6) is 0 Å². The van der Waals surface area contributed by atoms with Crippen LogP contribution < -0.4 is 5.32 Å². The molecule has 0 aromatic rings. The van der Waals surface area contributed by atoms with Gasteiger partial charge in [-0.3, -0.25) is 0 Å². The van der Waals surface area contributed by atoms with Crippen LogP contribution in [0, 0.1) is 10.8 Å². The number of hydrogen-bond acceptors (Lipinski definition) is 1. The zero-order valence-electron chi connectivity index (χ0n) is 13.7. The summed E-state index contributed by atoms with van der Waals surface area (Å²) < 4.78 is 0. The van der Waals surface area contributed by atoms with E-state index in [0.29, 0.717) is 10.8 Å². The molecule has 1 N–H and O–H groups in total. The first-order chi connectivity index (χ1) is 8.58. The van der Waals surface area contributed by atoms with E-state index in [1.165, 1.54) is 12.1 Å². The van der Waals surface area contributed by atoms with E-state index in [-0.39, 0.29) is 0 Å². The normalized spacial score (nSPS) is 16.7. The van der Waals surface area contributed by atoms with Gasteiger partial charge in [0.25, 0.3) is 0 Å². The molecule has 108 valence electrons. The van der Waals surface area contributed by atoms with Gasteiger partial charge in [-0.05, 0) is 42.6 Å². The molecular weight excluding hydrogens is 230 g/mol. The van der Waals surface area contributed by atoms with E-state index in [2.05, 4.69) is 65.6 Å². The molecular formula is C18H31N. The molecule has 1 aliphatic rings. The van der Waals surface area contributed by atoms with Gasteiger partial charge < -0.3 is 5.32 Å². The van der Waals surface area contributed by atoms with Gasteiger partial charge in [-0.15, -0.1) is 0 Å². The monoisotopic (exact) mass is 261 g/mol. The second-order valence-electron chi connectivity index (χ2n) is 7.92. The van der Waals surface area contributed by atoms with Crippen LogP contribution in [-0.4, -0.2) is 0 Å². The molecule has 0 saturated heterocycles. The highest BCUT2D eigenvalue weighted by Crippen LogP contribution is 2.32. The van der Waals surface area contributed by atoms with Crippen molar-refractivity contribution in [2.24, 2.45) is 10.8 Å². The Morgan fingerprint density at radius 2 is 1.74 bits per heavy atom. The van der Waals surface area contributed by atoms with Crippen molar-refractivity contribution < 1.29 is 0 Å². The van der Waals surface area contributed by atoms with E-state index in [4.69, 9.17) is 0 Å². The minimum atomic E-state index is 0.297. The van der Waals surface area contributed by atoms with Crippen molar-refractivity contribution in [2.45, 2.75) is 67.2 Å². The predicted octanol–water partition coefficient (Wildman–Crippen LogP) is 5.57. The summed E-state index contributed by atoms with van der Waals surface area (Å²) in [6.45, 7) is 17.8. The summed E-state index contributed by atoms with van der Waals surface area (Å²) >= 11 is 0. The van der Waals surface area contributed by atoms with Crippen molar-refractivity contribution >= 4 is 0 Å². The lowest BCUT2D eigenvalue weighted by Gasteiger charge is -2.27. The van der Waals surface area contributed by atoms with Crippen molar-refractivity contribution in [1.82, 2.24) is 5.32 Å². The van der Waals surface area contributed by atoms with Crippen LogP contribution >= 0.6 is 0 Å². The molecule has 1 aliphatic carbocycles. The second kappa shape index (κ2) is 5.98. The topological polar surface area (TPSA) is 12.0 Å². The fraction of sp³-hybridized carbons (Fsp3) is 0.667. The average Bonchev–Trinajstić information content (AvgIpc) is 2.25. The lowest BCUT2D eigenvalue weighted by Crippen LogP contribution is -2.18. The molecule has 0 fully saturated rings. The Labute approximate surface area is 119 Å². The number of rotatable bonds is 4. The highest BCUT2D eigenvalue weighted by Gasteiger charge is 2.19. The zero-order valence-corrected chi connectivity index (χ0v) is 13.7. The van der Waals surface area contributed by atoms with Gasteiger partial charge in [0.15, 0.2) is 0 Å². The summed E-state index contributed by atoms with van der Waals surface area (Å²) in [5.41, 5.74) is 4.68. The van der Waals surface area contributed by atoms with Crippen molar-refractivity contribution in [3.63, 3.8) is 0 Å². The van der Waals surface area contributed by atoms with Gasteiger partial charge in [0, 0.05) is 11.4 Å². The van der Waals surface area contributed by atoms with Gasteiger partial charge in [0.2, 0.25) is 0 Å². The van der Waals surface area contributed by atoms with Crippen molar-refractivity contribution in [3.8, 4) is 0 Å². The van der Waals surface area contributed by atoms with Gasteiger partial charge in [-0.1, -0.05) is 59.8 Å². The highest BCUT2D eigenvalue weighted by atomic mass is 14.9. The molecule has 0 radical (unpaired) electrons. The van der Waals surface area contributed by atoms with Crippen molar-refractivity contribution in [2.75, 3.05) is 0 Å². The van der Waals surface area contributed by atoms with E-state index in [1.807, 2.05) is 0 Å². The smallest absolute Gasteiger partial charge is 0.0151 e. The summed E-state index contributed by atoms with van der Waals surface area (Å²) in [7, 11) is 0. The van der Waals surface area contributed by atoms with Gasteiger partial charge in [-0.25, -0.2) is 0 Å². The summed E-state index contributed by atoms with van der Waals surface area (Å²) in [6, 6.07) is 0. The van der Waals surface area contributed by atoms with Crippen molar-refractivity contribution in [3.05, 3.63) is 35.7 Å². The molecule has 0 unspecified atom stereocenters. The van der Waals surface area contributed by atoms with Gasteiger partial charge in [-0.2, -0.15) is 0 Å². The van der Waals surface area contributed by atoms with Crippen LogP contribution in [0.15, 0.2) is 35.7 Å². The third kappa shape index (κ3) is 6.13. The van der Waals surface area contributed by atoms with Crippen molar-refractivity contribution in [1.29, 1.82) is 0 Å². The zero-order chi connectivity index (χ0) is 14.7. The maximum atomic E-state index is 4.15.